The van der Waals surface area contributed by atoms with Gasteiger partial charge in [0.2, 0.25) is 0 Å². The second kappa shape index (κ2) is 12.2. The van der Waals surface area contributed by atoms with Crippen molar-refractivity contribution in [1.29, 1.82) is 0 Å². The maximum Gasteiger partial charge on any atom is 0.340 e. The molecule has 198 valence electrons. The van der Waals surface area contributed by atoms with Crippen LogP contribution in [0.25, 0.3) is 10.9 Å². The predicted molar refractivity (Wildman–Crippen MR) is 146 cm³/mol. The first-order valence-corrected chi connectivity index (χ1v) is 12.8. The number of esters is 1. The van der Waals surface area contributed by atoms with Gasteiger partial charge in [0, 0.05) is 30.6 Å². The number of aryl methyl sites for hydroxylation is 3. The molecular weight excluding hydrogens is 484 g/mol. The fourth-order valence-corrected chi connectivity index (χ4v) is 4.58. The normalized spacial score (nSPS) is 12.9. The molecule has 7 heteroatoms. The molecular formula is C31H33F2N3O2. The summed E-state index contributed by atoms with van der Waals surface area (Å²) < 4.78 is 33.5. The van der Waals surface area contributed by atoms with E-state index in [1.54, 1.807) is 13.0 Å². The smallest absolute Gasteiger partial charge is 0.340 e. The predicted octanol–water partition coefficient (Wildman–Crippen LogP) is 5.58. The highest BCUT2D eigenvalue weighted by Gasteiger charge is 2.25. The molecule has 3 N–H and O–H groups in total. The van der Waals surface area contributed by atoms with Gasteiger partial charge in [-0.05, 0) is 67.1 Å². The monoisotopic (exact) mass is 517 g/mol. The highest BCUT2D eigenvalue weighted by molar-refractivity contribution is 5.95. The van der Waals surface area contributed by atoms with Gasteiger partial charge < -0.3 is 15.8 Å². The number of benzene rings is 3. The number of hydrogen-bond donors (Lipinski definition) is 2. The van der Waals surface area contributed by atoms with E-state index in [-0.39, 0.29) is 13.0 Å². The topological polar surface area (TPSA) is 77.2 Å². The Bertz CT molecular complexity index is 1420. The van der Waals surface area contributed by atoms with Crippen LogP contribution in [0.15, 0.2) is 66.7 Å². The Morgan fingerprint density at radius 1 is 0.974 bits per heavy atom. The second-order valence-electron chi connectivity index (χ2n) is 9.66. The van der Waals surface area contributed by atoms with Crippen LogP contribution in [0.1, 0.15) is 45.2 Å². The van der Waals surface area contributed by atoms with E-state index >= 15 is 0 Å². The van der Waals surface area contributed by atoms with Gasteiger partial charge in [0.1, 0.15) is 17.7 Å². The van der Waals surface area contributed by atoms with Crippen LogP contribution in [0.5, 0.6) is 0 Å². The fraction of sp³-hybridized carbons (Fsp3) is 0.290. The molecule has 5 nitrogen and oxygen atoms in total. The van der Waals surface area contributed by atoms with E-state index in [4.69, 9.17) is 10.5 Å². The Balaban J connectivity index is 1.54. The van der Waals surface area contributed by atoms with Crippen molar-refractivity contribution in [3.63, 3.8) is 0 Å². The quantitative estimate of drug-likeness (QED) is 0.269. The van der Waals surface area contributed by atoms with Crippen LogP contribution in [0, 0.1) is 25.5 Å². The number of carbonyl (C=O) groups excluding carboxylic acids is 1. The summed E-state index contributed by atoms with van der Waals surface area (Å²) >= 11 is 0. The Labute approximate surface area is 222 Å². The number of hydrogen-bond acceptors (Lipinski definition) is 5. The lowest BCUT2D eigenvalue weighted by atomic mass is 10.0. The molecule has 0 amide bonds. The van der Waals surface area contributed by atoms with Crippen LogP contribution >= 0.6 is 0 Å². The van der Waals surface area contributed by atoms with Crippen molar-refractivity contribution in [1.82, 2.24) is 10.3 Å². The third-order valence-corrected chi connectivity index (χ3v) is 6.66. The summed E-state index contributed by atoms with van der Waals surface area (Å²) in [4.78, 5) is 17.9. The van der Waals surface area contributed by atoms with E-state index in [9.17, 15) is 13.6 Å². The summed E-state index contributed by atoms with van der Waals surface area (Å²) in [6.45, 7) is 6.66. The molecule has 2 unspecified atom stereocenters. The summed E-state index contributed by atoms with van der Waals surface area (Å²) in [5, 5.41) is 4.17. The minimum Gasteiger partial charge on any atom is -0.456 e. The van der Waals surface area contributed by atoms with E-state index in [2.05, 4.69) is 29.4 Å². The Kier molecular flexibility index (Phi) is 8.81. The first-order valence-electron chi connectivity index (χ1n) is 12.8. The molecule has 1 heterocycles. The van der Waals surface area contributed by atoms with Gasteiger partial charge in [-0.3, -0.25) is 4.98 Å². The van der Waals surface area contributed by atoms with Crippen LogP contribution < -0.4 is 11.1 Å². The minimum atomic E-state index is -0.754. The highest BCUT2D eigenvalue weighted by atomic mass is 19.1. The number of fused-ring (bicyclic) bond motifs is 1. The van der Waals surface area contributed by atoms with Crippen LogP contribution in [0.2, 0.25) is 0 Å². The summed E-state index contributed by atoms with van der Waals surface area (Å²) in [6.07, 6.45) is 0.311. The van der Waals surface area contributed by atoms with Crippen molar-refractivity contribution in [3.05, 3.63) is 112 Å². The lowest BCUT2D eigenvalue weighted by Crippen LogP contribution is -2.46. The molecule has 4 rings (SSSR count). The van der Waals surface area contributed by atoms with E-state index in [0.29, 0.717) is 23.4 Å². The summed E-state index contributed by atoms with van der Waals surface area (Å²) in [7, 11) is 0. The molecule has 0 spiro atoms. The summed E-state index contributed by atoms with van der Waals surface area (Å²) in [5.41, 5.74) is 12.0. The van der Waals surface area contributed by atoms with E-state index in [1.165, 1.54) is 17.7 Å². The van der Waals surface area contributed by atoms with Gasteiger partial charge in [0.05, 0.1) is 16.8 Å². The number of rotatable bonds is 10. The molecule has 0 aliphatic rings. The van der Waals surface area contributed by atoms with Gasteiger partial charge >= 0.3 is 5.97 Å². The number of nitrogens with one attached hydrogen (secondary N) is 1. The average molecular weight is 518 g/mol. The first-order chi connectivity index (χ1) is 18.2. The number of aromatic nitrogens is 1. The standard InChI is InChI=1S/C31H33F2N3O2/c1-4-21-8-6-9-22(11-21)17-35-18-29(28(34)14-23-12-25(32)16-26(33)13-23)38-31(37)27-15-24-10-5-7-19(2)30(24)36-20(27)3/h5-13,15-16,28-29,35H,4,14,17-18,34H2,1-3H3. The van der Waals surface area contributed by atoms with Gasteiger partial charge in [-0.1, -0.05) is 49.4 Å². The number of nitrogens with two attached hydrogens (primary N) is 1. The van der Waals surface area contributed by atoms with Gasteiger partial charge in [-0.2, -0.15) is 0 Å². The maximum absolute atomic E-state index is 13.8. The SMILES string of the molecule is CCc1cccc(CNCC(OC(=O)c2cc3cccc(C)c3nc2C)C(N)Cc2cc(F)cc(F)c2)c1. The molecule has 0 bridgehead atoms. The molecule has 0 saturated heterocycles. The number of ether oxygens (including phenoxy) is 1. The molecule has 0 saturated carbocycles. The number of halogens is 2. The number of carbonyl (C=O) groups is 1. The zero-order chi connectivity index (χ0) is 27.2. The zero-order valence-electron chi connectivity index (χ0n) is 21.9. The third kappa shape index (κ3) is 6.79. The largest absolute Gasteiger partial charge is 0.456 e. The number of nitrogens with zero attached hydrogens (tertiary/aromatic N) is 1. The number of para-hydroxylation sites is 1. The van der Waals surface area contributed by atoms with Gasteiger partial charge in [-0.15, -0.1) is 0 Å². The Morgan fingerprint density at radius 3 is 2.42 bits per heavy atom. The van der Waals surface area contributed by atoms with Gasteiger partial charge in [0.15, 0.2) is 0 Å². The molecule has 4 aromatic rings. The first kappa shape index (κ1) is 27.4. The molecule has 3 aromatic carbocycles. The molecule has 1 aromatic heterocycles. The second-order valence-corrected chi connectivity index (χ2v) is 9.66. The molecule has 0 radical (unpaired) electrons. The van der Waals surface area contributed by atoms with Crippen LogP contribution in [0.4, 0.5) is 8.78 Å². The van der Waals surface area contributed by atoms with Crippen molar-refractivity contribution in [2.24, 2.45) is 5.73 Å². The Hall–Kier alpha value is -3.68. The molecule has 0 aliphatic heterocycles. The van der Waals surface area contributed by atoms with E-state index in [1.807, 2.05) is 37.3 Å². The highest BCUT2D eigenvalue weighted by Crippen LogP contribution is 2.21. The lowest BCUT2D eigenvalue weighted by Gasteiger charge is -2.25. The van der Waals surface area contributed by atoms with Crippen LogP contribution in [-0.2, 0) is 24.1 Å². The van der Waals surface area contributed by atoms with Crippen molar-refractivity contribution >= 4 is 16.9 Å². The molecule has 2 atom stereocenters. The van der Waals surface area contributed by atoms with Crippen molar-refractivity contribution in [3.8, 4) is 0 Å². The minimum absolute atomic E-state index is 0.133. The molecule has 38 heavy (non-hydrogen) atoms. The average Bonchev–Trinajstić information content (AvgIpc) is 2.87. The molecule has 0 aliphatic carbocycles. The molecule has 0 fully saturated rings. The fourth-order valence-electron chi connectivity index (χ4n) is 4.58. The van der Waals surface area contributed by atoms with Crippen molar-refractivity contribution in [2.75, 3.05) is 6.54 Å². The van der Waals surface area contributed by atoms with E-state index < -0.39 is 29.7 Å². The third-order valence-electron chi connectivity index (χ3n) is 6.66. The van der Waals surface area contributed by atoms with Crippen molar-refractivity contribution < 1.29 is 18.3 Å². The lowest BCUT2D eigenvalue weighted by molar-refractivity contribution is 0.0237. The Morgan fingerprint density at radius 2 is 1.68 bits per heavy atom. The number of pyridine rings is 1. The zero-order valence-corrected chi connectivity index (χ0v) is 21.9. The van der Waals surface area contributed by atoms with Crippen LogP contribution in [-0.4, -0.2) is 29.6 Å². The van der Waals surface area contributed by atoms with Gasteiger partial charge in [-0.25, -0.2) is 13.6 Å². The summed E-state index contributed by atoms with van der Waals surface area (Å²) in [5.74, 6) is -1.90. The van der Waals surface area contributed by atoms with Crippen molar-refractivity contribution in [2.45, 2.75) is 52.3 Å². The van der Waals surface area contributed by atoms with Gasteiger partial charge in [0.25, 0.3) is 0 Å². The summed E-state index contributed by atoms with van der Waals surface area (Å²) in [6, 6.07) is 18.4. The van der Waals surface area contributed by atoms with Crippen LogP contribution in [0.3, 0.4) is 0 Å². The van der Waals surface area contributed by atoms with E-state index in [0.717, 1.165) is 34.5 Å². The maximum atomic E-state index is 13.8.